The molecule has 0 radical (unpaired) electrons. The SMILES string of the molecule is CCCCCCCO/N=C(/C)CCCN(C)C. The Morgan fingerprint density at radius 2 is 1.76 bits per heavy atom. The van der Waals surface area contributed by atoms with E-state index in [0.717, 1.165) is 38.1 Å². The van der Waals surface area contributed by atoms with Crippen LogP contribution in [0.5, 0.6) is 0 Å². The van der Waals surface area contributed by atoms with Crippen molar-refractivity contribution in [1.29, 1.82) is 0 Å². The summed E-state index contributed by atoms with van der Waals surface area (Å²) in [6.07, 6.45) is 8.55. The molecule has 0 aliphatic heterocycles. The zero-order valence-corrected chi connectivity index (χ0v) is 12.2. The van der Waals surface area contributed by atoms with Gasteiger partial charge in [0.25, 0.3) is 0 Å². The van der Waals surface area contributed by atoms with Gasteiger partial charge in [0, 0.05) is 0 Å². The number of hydrogen-bond donors (Lipinski definition) is 0. The predicted octanol–water partition coefficient (Wildman–Crippen LogP) is 3.69. The van der Waals surface area contributed by atoms with Crippen molar-refractivity contribution in [2.75, 3.05) is 27.2 Å². The van der Waals surface area contributed by atoms with Gasteiger partial charge in [-0.2, -0.15) is 0 Å². The van der Waals surface area contributed by atoms with Crippen LogP contribution in [0.15, 0.2) is 5.16 Å². The van der Waals surface area contributed by atoms with Crippen LogP contribution < -0.4 is 0 Å². The molecule has 0 aromatic heterocycles. The monoisotopic (exact) mass is 242 g/mol. The number of unbranched alkanes of at least 4 members (excludes halogenated alkanes) is 4. The van der Waals surface area contributed by atoms with Crippen LogP contribution in [0.1, 0.15) is 58.8 Å². The fraction of sp³-hybridized carbons (Fsp3) is 0.929. The van der Waals surface area contributed by atoms with Crippen LogP contribution in [-0.4, -0.2) is 37.9 Å². The Balaban J connectivity index is 3.31. The first-order valence-electron chi connectivity index (χ1n) is 6.97. The van der Waals surface area contributed by atoms with Crippen LogP contribution in [0.25, 0.3) is 0 Å². The van der Waals surface area contributed by atoms with Gasteiger partial charge in [-0.3, -0.25) is 0 Å². The van der Waals surface area contributed by atoms with Crippen molar-refractivity contribution in [3.8, 4) is 0 Å². The van der Waals surface area contributed by atoms with Crippen molar-refractivity contribution in [2.45, 2.75) is 58.8 Å². The third-order valence-corrected chi connectivity index (χ3v) is 2.70. The lowest BCUT2D eigenvalue weighted by molar-refractivity contribution is 0.138. The molecule has 0 heterocycles. The van der Waals surface area contributed by atoms with Crippen molar-refractivity contribution in [2.24, 2.45) is 5.16 Å². The molecule has 0 aliphatic carbocycles. The van der Waals surface area contributed by atoms with Gasteiger partial charge < -0.3 is 9.74 Å². The highest BCUT2D eigenvalue weighted by Gasteiger charge is 1.95. The van der Waals surface area contributed by atoms with E-state index in [1.54, 1.807) is 0 Å². The Bertz CT molecular complexity index is 191. The van der Waals surface area contributed by atoms with Crippen molar-refractivity contribution in [3.63, 3.8) is 0 Å². The summed E-state index contributed by atoms with van der Waals surface area (Å²) in [4.78, 5) is 7.50. The summed E-state index contributed by atoms with van der Waals surface area (Å²) in [5.41, 5.74) is 1.11. The van der Waals surface area contributed by atoms with Crippen molar-refractivity contribution < 1.29 is 4.84 Å². The summed E-state index contributed by atoms with van der Waals surface area (Å²) < 4.78 is 0. The third-order valence-electron chi connectivity index (χ3n) is 2.70. The van der Waals surface area contributed by atoms with Gasteiger partial charge in [0.05, 0.1) is 5.71 Å². The fourth-order valence-electron chi connectivity index (χ4n) is 1.62. The van der Waals surface area contributed by atoms with E-state index >= 15 is 0 Å². The zero-order chi connectivity index (χ0) is 12.9. The maximum Gasteiger partial charge on any atom is 0.117 e. The molecule has 3 nitrogen and oxygen atoms in total. The molecule has 0 atom stereocenters. The molecule has 0 spiro atoms. The maximum absolute atomic E-state index is 5.31. The second-order valence-corrected chi connectivity index (χ2v) is 4.98. The predicted molar refractivity (Wildman–Crippen MR) is 75.6 cm³/mol. The van der Waals surface area contributed by atoms with Gasteiger partial charge in [0.15, 0.2) is 0 Å². The minimum absolute atomic E-state index is 0.773. The maximum atomic E-state index is 5.31. The van der Waals surface area contributed by atoms with E-state index < -0.39 is 0 Å². The minimum atomic E-state index is 0.773. The average Bonchev–Trinajstić information content (AvgIpc) is 2.27. The van der Waals surface area contributed by atoms with Crippen LogP contribution in [0, 0.1) is 0 Å². The second kappa shape index (κ2) is 11.9. The highest BCUT2D eigenvalue weighted by Crippen LogP contribution is 2.03. The van der Waals surface area contributed by atoms with Crippen LogP contribution in [0.3, 0.4) is 0 Å². The Morgan fingerprint density at radius 3 is 2.41 bits per heavy atom. The lowest BCUT2D eigenvalue weighted by Crippen LogP contribution is -2.13. The van der Waals surface area contributed by atoms with Crippen LogP contribution in [-0.2, 0) is 4.84 Å². The summed E-state index contributed by atoms with van der Waals surface area (Å²) in [5.74, 6) is 0. The molecule has 0 rings (SSSR count). The molecule has 0 aliphatic rings. The van der Waals surface area contributed by atoms with E-state index in [0.29, 0.717) is 0 Å². The molecule has 0 saturated carbocycles. The van der Waals surface area contributed by atoms with Gasteiger partial charge in [-0.15, -0.1) is 0 Å². The first-order chi connectivity index (χ1) is 8.16. The molecular formula is C14H30N2O. The first kappa shape index (κ1) is 16.4. The second-order valence-electron chi connectivity index (χ2n) is 4.98. The summed E-state index contributed by atoms with van der Waals surface area (Å²) in [7, 11) is 4.19. The highest BCUT2D eigenvalue weighted by molar-refractivity contribution is 5.81. The molecule has 17 heavy (non-hydrogen) atoms. The van der Waals surface area contributed by atoms with Crippen molar-refractivity contribution >= 4 is 5.71 Å². The van der Waals surface area contributed by atoms with Gasteiger partial charge in [-0.05, 0) is 53.2 Å². The van der Waals surface area contributed by atoms with E-state index in [9.17, 15) is 0 Å². The lowest BCUT2D eigenvalue weighted by atomic mass is 10.2. The summed E-state index contributed by atoms with van der Waals surface area (Å²) in [6.45, 7) is 6.17. The van der Waals surface area contributed by atoms with E-state index in [1.165, 1.54) is 25.7 Å². The zero-order valence-electron chi connectivity index (χ0n) is 12.2. The average molecular weight is 242 g/mol. The molecule has 0 bridgehead atoms. The van der Waals surface area contributed by atoms with E-state index in [4.69, 9.17) is 4.84 Å². The largest absolute Gasteiger partial charge is 0.396 e. The summed E-state index contributed by atoms with van der Waals surface area (Å²) in [6, 6.07) is 0. The van der Waals surface area contributed by atoms with Crippen LogP contribution >= 0.6 is 0 Å². The van der Waals surface area contributed by atoms with Gasteiger partial charge in [0.1, 0.15) is 6.61 Å². The Morgan fingerprint density at radius 1 is 1.06 bits per heavy atom. The molecule has 0 N–H and O–H groups in total. The van der Waals surface area contributed by atoms with Gasteiger partial charge in [-0.25, -0.2) is 0 Å². The molecule has 0 fully saturated rings. The summed E-state index contributed by atoms with van der Waals surface area (Å²) >= 11 is 0. The van der Waals surface area contributed by atoms with E-state index in [2.05, 4.69) is 31.1 Å². The summed E-state index contributed by atoms with van der Waals surface area (Å²) in [5, 5.41) is 4.14. The molecule has 0 saturated heterocycles. The third kappa shape index (κ3) is 13.4. The van der Waals surface area contributed by atoms with E-state index in [1.807, 2.05) is 6.92 Å². The highest BCUT2D eigenvalue weighted by atomic mass is 16.6. The normalized spacial score (nSPS) is 12.2. The quantitative estimate of drug-likeness (QED) is 0.313. The molecular weight excluding hydrogens is 212 g/mol. The van der Waals surface area contributed by atoms with Crippen molar-refractivity contribution in [1.82, 2.24) is 4.90 Å². The van der Waals surface area contributed by atoms with Gasteiger partial charge >= 0.3 is 0 Å². The molecule has 0 aromatic rings. The fourth-order valence-corrected chi connectivity index (χ4v) is 1.62. The molecule has 0 unspecified atom stereocenters. The van der Waals surface area contributed by atoms with Gasteiger partial charge in [0.2, 0.25) is 0 Å². The first-order valence-corrected chi connectivity index (χ1v) is 6.97. The minimum Gasteiger partial charge on any atom is -0.396 e. The molecule has 3 heteroatoms. The Hall–Kier alpha value is -0.570. The Kier molecular flexibility index (Phi) is 11.5. The van der Waals surface area contributed by atoms with Crippen LogP contribution in [0.2, 0.25) is 0 Å². The molecule has 102 valence electrons. The standard InChI is InChI=1S/C14H30N2O/c1-5-6-7-8-9-13-17-15-14(2)11-10-12-16(3)4/h5-13H2,1-4H3/b15-14-. The number of hydrogen-bond acceptors (Lipinski definition) is 3. The Labute approximate surface area is 107 Å². The smallest absolute Gasteiger partial charge is 0.117 e. The number of oxime groups is 1. The topological polar surface area (TPSA) is 24.8 Å². The van der Waals surface area contributed by atoms with E-state index in [-0.39, 0.29) is 0 Å². The lowest BCUT2D eigenvalue weighted by Gasteiger charge is -2.08. The molecule has 0 aromatic carbocycles. The number of nitrogens with zero attached hydrogens (tertiary/aromatic N) is 2. The van der Waals surface area contributed by atoms with Crippen molar-refractivity contribution in [3.05, 3.63) is 0 Å². The van der Waals surface area contributed by atoms with Crippen LogP contribution in [0.4, 0.5) is 0 Å². The van der Waals surface area contributed by atoms with Gasteiger partial charge in [-0.1, -0.05) is 31.3 Å². The number of rotatable bonds is 11. The molecule has 0 amide bonds.